The third-order valence-corrected chi connectivity index (χ3v) is 4.23. The van der Waals surface area contributed by atoms with Crippen molar-refractivity contribution in [1.82, 2.24) is 5.32 Å². The van der Waals surface area contributed by atoms with E-state index in [2.05, 4.69) is 10.6 Å². The molecule has 5 heteroatoms. The molecule has 1 aliphatic carbocycles. The van der Waals surface area contributed by atoms with E-state index in [1.807, 2.05) is 61.5 Å². The van der Waals surface area contributed by atoms with Crippen LogP contribution in [-0.2, 0) is 11.3 Å². The largest absolute Gasteiger partial charge is 0.377 e. The molecule has 2 aromatic carbocycles. The van der Waals surface area contributed by atoms with Gasteiger partial charge in [0.05, 0.1) is 5.56 Å². The molecule has 1 aliphatic rings. The lowest BCUT2D eigenvalue weighted by Gasteiger charge is -2.18. The SMILES string of the molecule is CN(C)c1ccc(NC(=O)C2CC2)cc1C(=O)NCc1ccccc1. The highest BCUT2D eigenvalue weighted by molar-refractivity contribution is 6.02. The molecule has 25 heavy (non-hydrogen) atoms. The first-order valence-electron chi connectivity index (χ1n) is 8.49. The lowest BCUT2D eigenvalue weighted by Crippen LogP contribution is -2.25. The molecule has 0 unspecified atom stereocenters. The third-order valence-electron chi connectivity index (χ3n) is 4.23. The van der Waals surface area contributed by atoms with Crippen LogP contribution in [0.4, 0.5) is 11.4 Å². The summed E-state index contributed by atoms with van der Waals surface area (Å²) >= 11 is 0. The summed E-state index contributed by atoms with van der Waals surface area (Å²) in [7, 11) is 3.79. The summed E-state index contributed by atoms with van der Waals surface area (Å²) in [5.41, 5.74) is 3.07. The van der Waals surface area contributed by atoms with Crippen LogP contribution < -0.4 is 15.5 Å². The highest BCUT2D eigenvalue weighted by atomic mass is 16.2. The molecular weight excluding hydrogens is 314 g/mol. The molecule has 0 radical (unpaired) electrons. The zero-order chi connectivity index (χ0) is 17.8. The van der Waals surface area contributed by atoms with Gasteiger partial charge in [-0.3, -0.25) is 9.59 Å². The summed E-state index contributed by atoms with van der Waals surface area (Å²) < 4.78 is 0. The Hall–Kier alpha value is -2.82. The Morgan fingerprint density at radius 1 is 1.08 bits per heavy atom. The topological polar surface area (TPSA) is 61.4 Å². The van der Waals surface area contributed by atoms with Gasteiger partial charge in [0.25, 0.3) is 5.91 Å². The van der Waals surface area contributed by atoms with Gasteiger partial charge in [-0.05, 0) is 36.6 Å². The Morgan fingerprint density at radius 3 is 2.44 bits per heavy atom. The van der Waals surface area contributed by atoms with Gasteiger partial charge in [0.15, 0.2) is 0 Å². The molecule has 0 aliphatic heterocycles. The van der Waals surface area contributed by atoms with Gasteiger partial charge in [-0.25, -0.2) is 0 Å². The van der Waals surface area contributed by atoms with E-state index in [1.165, 1.54) is 0 Å². The highest BCUT2D eigenvalue weighted by Gasteiger charge is 2.29. The van der Waals surface area contributed by atoms with Gasteiger partial charge in [0, 0.05) is 37.9 Å². The maximum absolute atomic E-state index is 12.7. The molecule has 5 nitrogen and oxygen atoms in total. The second-order valence-electron chi connectivity index (χ2n) is 6.56. The maximum atomic E-state index is 12.7. The fourth-order valence-electron chi connectivity index (χ4n) is 2.65. The predicted octanol–water partition coefficient (Wildman–Crippen LogP) is 3.03. The van der Waals surface area contributed by atoms with Crippen molar-refractivity contribution in [3.05, 3.63) is 59.7 Å². The van der Waals surface area contributed by atoms with E-state index in [0.717, 1.165) is 24.1 Å². The summed E-state index contributed by atoms with van der Waals surface area (Å²) in [5.74, 6) is 0.00667. The zero-order valence-corrected chi connectivity index (χ0v) is 14.6. The van der Waals surface area contributed by atoms with Crippen molar-refractivity contribution in [3.63, 3.8) is 0 Å². The molecule has 0 heterocycles. The van der Waals surface area contributed by atoms with E-state index in [0.29, 0.717) is 17.8 Å². The molecule has 0 spiro atoms. The third kappa shape index (κ3) is 4.38. The molecule has 1 fully saturated rings. The summed E-state index contributed by atoms with van der Waals surface area (Å²) in [6, 6.07) is 15.2. The zero-order valence-electron chi connectivity index (χ0n) is 14.6. The Morgan fingerprint density at radius 2 is 1.80 bits per heavy atom. The van der Waals surface area contributed by atoms with Crippen molar-refractivity contribution in [2.24, 2.45) is 5.92 Å². The molecule has 1 saturated carbocycles. The molecule has 0 saturated heterocycles. The highest BCUT2D eigenvalue weighted by Crippen LogP contribution is 2.31. The van der Waals surface area contributed by atoms with Gasteiger partial charge in [-0.2, -0.15) is 0 Å². The van der Waals surface area contributed by atoms with Crippen LogP contribution in [-0.4, -0.2) is 25.9 Å². The number of nitrogens with zero attached hydrogens (tertiary/aromatic N) is 1. The number of rotatable bonds is 6. The predicted molar refractivity (Wildman–Crippen MR) is 99.7 cm³/mol. The molecule has 0 aromatic heterocycles. The number of carbonyl (C=O) groups is 2. The van der Waals surface area contributed by atoms with Gasteiger partial charge in [0.1, 0.15) is 0 Å². The van der Waals surface area contributed by atoms with Gasteiger partial charge >= 0.3 is 0 Å². The van der Waals surface area contributed by atoms with Gasteiger partial charge in [-0.15, -0.1) is 0 Å². The number of hydrogen-bond donors (Lipinski definition) is 2. The average molecular weight is 337 g/mol. The molecule has 0 atom stereocenters. The minimum Gasteiger partial charge on any atom is -0.377 e. The van der Waals surface area contributed by atoms with Crippen molar-refractivity contribution in [1.29, 1.82) is 0 Å². The lowest BCUT2D eigenvalue weighted by atomic mass is 10.1. The fraction of sp³-hybridized carbons (Fsp3) is 0.300. The summed E-state index contributed by atoms with van der Waals surface area (Å²) in [4.78, 5) is 26.5. The van der Waals surface area contributed by atoms with Crippen LogP contribution >= 0.6 is 0 Å². The van der Waals surface area contributed by atoms with E-state index < -0.39 is 0 Å². The lowest BCUT2D eigenvalue weighted by molar-refractivity contribution is -0.117. The van der Waals surface area contributed by atoms with Crippen LogP contribution in [0, 0.1) is 5.92 Å². The number of anilines is 2. The number of nitrogens with one attached hydrogen (secondary N) is 2. The minimum atomic E-state index is -0.157. The Bertz CT molecular complexity index is 768. The van der Waals surface area contributed by atoms with Crippen molar-refractivity contribution in [2.45, 2.75) is 19.4 Å². The van der Waals surface area contributed by atoms with Gasteiger partial charge in [-0.1, -0.05) is 30.3 Å². The van der Waals surface area contributed by atoms with Gasteiger partial charge in [0.2, 0.25) is 5.91 Å². The summed E-state index contributed by atoms with van der Waals surface area (Å²) in [6.45, 7) is 0.463. The minimum absolute atomic E-state index is 0.0354. The maximum Gasteiger partial charge on any atom is 0.253 e. The first-order chi connectivity index (χ1) is 12.0. The number of hydrogen-bond acceptors (Lipinski definition) is 3. The molecule has 2 N–H and O–H groups in total. The normalized spacial score (nSPS) is 13.2. The Kier molecular flexibility index (Phi) is 5.03. The number of amides is 2. The molecule has 0 bridgehead atoms. The molecule has 130 valence electrons. The van der Waals surface area contributed by atoms with Gasteiger partial charge < -0.3 is 15.5 Å². The van der Waals surface area contributed by atoms with Crippen LogP contribution in [0.2, 0.25) is 0 Å². The second kappa shape index (κ2) is 7.38. The fourth-order valence-corrected chi connectivity index (χ4v) is 2.65. The second-order valence-corrected chi connectivity index (χ2v) is 6.56. The van der Waals surface area contributed by atoms with E-state index in [9.17, 15) is 9.59 Å². The quantitative estimate of drug-likeness (QED) is 0.852. The van der Waals surface area contributed by atoms with Crippen molar-refractivity contribution < 1.29 is 9.59 Å². The smallest absolute Gasteiger partial charge is 0.253 e. The summed E-state index contributed by atoms with van der Waals surface area (Å²) in [5, 5.41) is 5.85. The average Bonchev–Trinajstić information content (AvgIpc) is 3.45. The van der Waals surface area contributed by atoms with Crippen molar-refractivity contribution >= 4 is 23.2 Å². The Balaban J connectivity index is 1.76. The molecule has 2 amide bonds. The number of benzene rings is 2. The number of carbonyl (C=O) groups excluding carboxylic acids is 2. The van der Waals surface area contributed by atoms with Crippen molar-refractivity contribution in [2.75, 3.05) is 24.3 Å². The van der Waals surface area contributed by atoms with E-state index in [-0.39, 0.29) is 17.7 Å². The van der Waals surface area contributed by atoms with Crippen LogP contribution in [0.5, 0.6) is 0 Å². The van der Waals surface area contributed by atoms with Crippen LogP contribution in [0.15, 0.2) is 48.5 Å². The summed E-state index contributed by atoms with van der Waals surface area (Å²) in [6.07, 6.45) is 1.90. The molecule has 3 rings (SSSR count). The van der Waals surface area contributed by atoms with E-state index >= 15 is 0 Å². The first kappa shape index (κ1) is 17.0. The molecule has 2 aromatic rings. The van der Waals surface area contributed by atoms with Crippen LogP contribution in [0.25, 0.3) is 0 Å². The van der Waals surface area contributed by atoms with E-state index in [1.54, 1.807) is 6.07 Å². The standard InChI is InChI=1S/C20H23N3O2/c1-23(2)18-11-10-16(22-19(24)15-8-9-15)12-17(18)20(25)21-13-14-6-4-3-5-7-14/h3-7,10-12,15H,8-9,13H2,1-2H3,(H,21,25)(H,22,24). The molecular formula is C20H23N3O2. The van der Waals surface area contributed by atoms with Crippen LogP contribution in [0.3, 0.4) is 0 Å². The van der Waals surface area contributed by atoms with Crippen molar-refractivity contribution in [3.8, 4) is 0 Å². The van der Waals surface area contributed by atoms with Crippen LogP contribution in [0.1, 0.15) is 28.8 Å². The Labute approximate surface area is 148 Å². The van der Waals surface area contributed by atoms with E-state index in [4.69, 9.17) is 0 Å². The first-order valence-corrected chi connectivity index (χ1v) is 8.49. The monoisotopic (exact) mass is 337 g/mol.